The third-order valence-electron chi connectivity index (χ3n) is 5.55. The van der Waals surface area contributed by atoms with Crippen LogP contribution in [-0.4, -0.2) is 40.4 Å². The Balaban J connectivity index is 1.44. The first-order valence-corrected chi connectivity index (χ1v) is 11.4. The van der Waals surface area contributed by atoms with E-state index in [2.05, 4.69) is 46.5 Å². The van der Waals surface area contributed by atoms with E-state index >= 15 is 0 Å². The summed E-state index contributed by atoms with van der Waals surface area (Å²) in [5.41, 5.74) is 2.39. The van der Waals surface area contributed by atoms with E-state index in [0.717, 1.165) is 54.9 Å². The molecule has 1 aliphatic heterocycles. The van der Waals surface area contributed by atoms with Gasteiger partial charge in [0.25, 0.3) is 0 Å². The lowest BCUT2D eigenvalue weighted by Crippen LogP contribution is -2.31. The van der Waals surface area contributed by atoms with Gasteiger partial charge in [-0.05, 0) is 31.7 Å². The number of thiophene rings is 1. The first-order valence-electron chi connectivity index (χ1n) is 10.5. The van der Waals surface area contributed by atoms with Crippen molar-refractivity contribution in [3.8, 4) is 11.1 Å². The van der Waals surface area contributed by atoms with Crippen molar-refractivity contribution in [3.05, 3.63) is 41.5 Å². The molecule has 4 rings (SSSR count). The molecule has 1 fully saturated rings. The summed E-state index contributed by atoms with van der Waals surface area (Å²) in [5, 5.41) is 4.55. The molecule has 1 aliphatic rings. The zero-order valence-corrected chi connectivity index (χ0v) is 17.8. The molecular formula is C23H28N4OS. The van der Waals surface area contributed by atoms with Crippen LogP contribution in [0.2, 0.25) is 0 Å². The van der Waals surface area contributed by atoms with Crippen molar-refractivity contribution < 1.29 is 4.79 Å². The average Bonchev–Trinajstić information content (AvgIpc) is 2.91. The van der Waals surface area contributed by atoms with Crippen LogP contribution >= 0.6 is 11.3 Å². The molecule has 0 bridgehead atoms. The number of carbonyl (C=O) groups is 1. The second kappa shape index (κ2) is 9.35. The maximum atomic E-state index is 12.5. The van der Waals surface area contributed by atoms with E-state index in [0.29, 0.717) is 6.42 Å². The first kappa shape index (κ1) is 19.8. The Hall–Kier alpha value is -2.47. The number of likely N-dealkylation sites (tertiary alicyclic amines) is 1. The van der Waals surface area contributed by atoms with Crippen molar-refractivity contribution in [1.29, 1.82) is 0 Å². The zero-order chi connectivity index (χ0) is 20.1. The number of amides is 1. The Labute approximate surface area is 176 Å². The number of carbonyl (C=O) groups excluding carboxylic acids is 1. The van der Waals surface area contributed by atoms with Crippen LogP contribution in [0.5, 0.6) is 0 Å². The number of nitrogens with zero attached hydrogens (tertiary/aromatic N) is 3. The van der Waals surface area contributed by atoms with Crippen LogP contribution in [0.25, 0.3) is 21.3 Å². The first-order chi connectivity index (χ1) is 14.2. The van der Waals surface area contributed by atoms with Gasteiger partial charge >= 0.3 is 0 Å². The zero-order valence-electron chi connectivity index (χ0n) is 17.0. The molecule has 6 heteroatoms. The molecule has 1 N–H and O–H groups in total. The number of hydrogen-bond acceptors (Lipinski definition) is 5. The number of nitrogens with one attached hydrogen (secondary N) is 1. The van der Waals surface area contributed by atoms with Gasteiger partial charge in [-0.2, -0.15) is 0 Å². The molecule has 0 unspecified atom stereocenters. The fourth-order valence-electron chi connectivity index (χ4n) is 4.06. The molecular weight excluding hydrogens is 380 g/mol. The number of aromatic nitrogens is 2. The predicted octanol–water partition coefficient (Wildman–Crippen LogP) is 5.26. The van der Waals surface area contributed by atoms with Gasteiger partial charge in [-0.3, -0.25) is 4.79 Å². The van der Waals surface area contributed by atoms with Gasteiger partial charge in [0.05, 0.1) is 5.39 Å². The van der Waals surface area contributed by atoms with E-state index in [9.17, 15) is 4.79 Å². The highest BCUT2D eigenvalue weighted by Gasteiger charge is 2.17. The number of fused-ring (bicyclic) bond motifs is 1. The van der Waals surface area contributed by atoms with E-state index in [1.165, 1.54) is 28.8 Å². The second-order valence-corrected chi connectivity index (χ2v) is 8.83. The molecule has 0 radical (unpaired) electrons. The molecule has 1 amide bonds. The van der Waals surface area contributed by atoms with Crippen molar-refractivity contribution in [1.82, 2.24) is 14.9 Å². The van der Waals surface area contributed by atoms with Crippen LogP contribution in [0.4, 0.5) is 5.82 Å². The Morgan fingerprint density at radius 1 is 1.10 bits per heavy atom. The van der Waals surface area contributed by atoms with Gasteiger partial charge in [0.15, 0.2) is 0 Å². The van der Waals surface area contributed by atoms with Crippen LogP contribution < -0.4 is 5.32 Å². The standard InChI is InChI=1S/C23H28N4OS/c1-17-20(18-10-5-4-6-11-18)21-22(25-16-26-23(21)29-17)24-13-9-12-19(28)27-14-7-2-3-8-15-27/h4-6,10-11,16H,2-3,7-9,12-15H2,1H3,(H,24,25,26). The summed E-state index contributed by atoms with van der Waals surface area (Å²) in [7, 11) is 0. The normalized spacial score (nSPS) is 14.7. The topological polar surface area (TPSA) is 58.1 Å². The SMILES string of the molecule is Cc1sc2ncnc(NCCCC(=O)N3CCCCCC3)c2c1-c1ccccc1. The number of aryl methyl sites for hydroxylation is 1. The molecule has 5 nitrogen and oxygen atoms in total. The molecule has 0 spiro atoms. The summed E-state index contributed by atoms with van der Waals surface area (Å²) >= 11 is 1.70. The van der Waals surface area contributed by atoms with Crippen LogP contribution in [0.15, 0.2) is 36.7 Å². The Morgan fingerprint density at radius 2 is 1.86 bits per heavy atom. The molecule has 29 heavy (non-hydrogen) atoms. The molecule has 0 atom stereocenters. The fourth-order valence-corrected chi connectivity index (χ4v) is 5.07. The minimum atomic E-state index is 0.290. The van der Waals surface area contributed by atoms with Gasteiger partial charge in [-0.25, -0.2) is 9.97 Å². The van der Waals surface area contributed by atoms with Crippen molar-refractivity contribution in [2.75, 3.05) is 25.0 Å². The molecule has 3 aromatic rings. The van der Waals surface area contributed by atoms with E-state index < -0.39 is 0 Å². The lowest BCUT2D eigenvalue weighted by molar-refractivity contribution is -0.131. The summed E-state index contributed by atoms with van der Waals surface area (Å²) in [6.45, 7) is 4.72. The van der Waals surface area contributed by atoms with Crippen LogP contribution in [-0.2, 0) is 4.79 Å². The molecule has 0 aliphatic carbocycles. The summed E-state index contributed by atoms with van der Waals surface area (Å²) < 4.78 is 0. The molecule has 0 saturated carbocycles. The summed E-state index contributed by atoms with van der Waals surface area (Å²) in [6.07, 6.45) is 7.81. The van der Waals surface area contributed by atoms with Crippen molar-refractivity contribution in [2.24, 2.45) is 0 Å². The average molecular weight is 409 g/mol. The monoisotopic (exact) mass is 408 g/mol. The van der Waals surface area contributed by atoms with E-state index in [-0.39, 0.29) is 5.91 Å². The molecule has 1 saturated heterocycles. The fraction of sp³-hybridized carbons (Fsp3) is 0.435. The highest BCUT2D eigenvalue weighted by atomic mass is 32.1. The van der Waals surface area contributed by atoms with Gasteiger partial charge in [0.1, 0.15) is 17.0 Å². The highest BCUT2D eigenvalue weighted by molar-refractivity contribution is 7.19. The number of benzene rings is 1. The quantitative estimate of drug-likeness (QED) is 0.565. The van der Waals surface area contributed by atoms with Gasteiger partial charge in [0.2, 0.25) is 5.91 Å². The Morgan fingerprint density at radius 3 is 2.62 bits per heavy atom. The van der Waals surface area contributed by atoms with Gasteiger partial charge in [-0.1, -0.05) is 43.2 Å². The van der Waals surface area contributed by atoms with E-state index in [4.69, 9.17) is 0 Å². The Bertz CT molecular complexity index is 962. The van der Waals surface area contributed by atoms with Crippen molar-refractivity contribution in [2.45, 2.75) is 45.4 Å². The summed E-state index contributed by atoms with van der Waals surface area (Å²) in [6, 6.07) is 10.4. The minimum absolute atomic E-state index is 0.290. The number of anilines is 1. The highest BCUT2D eigenvalue weighted by Crippen LogP contribution is 2.40. The van der Waals surface area contributed by atoms with E-state index in [1.54, 1.807) is 17.7 Å². The molecule has 152 valence electrons. The van der Waals surface area contributed by atoms with Gasteiger partial charge in [-0.15, -0.1) is 11.3 Å². The van der Waals surface area contributed by atoms with Crippen LogP contribution in [0, 0.1) is 6.92 Å². The van der Waals surface area contributed by atoms with E-state index in [1.807, 2.05) is 11.0 Å². The molecule has 2 aromatic heterocycles. The Kier molecular flexibility index (Phi) is 6.39. The summed E-state index contributed by atoms with van der Waals surface area (Å²) in [5.74, 6) is 1.15. The lowest BCUT2D eigenvalue weighted by Gasteiger charge is -2.20. The third-order valence-corrected chi connectivity index (χ3v) is 6.56. The maximum absolute atomic E-state index is 12.5. The third kappa shape index (κ3) is 4.58. The largest absolute Gasteiger partial charge is 0.369 e. The molecule has 1 aromatic carbocycles. The second-order valence-electron chi connectivity index (χ2n) is 7.63. The predicted molar refractivity (Wildman–Crippen MR) is 120 cm³/mol. The number of rotatable bonds is 6. The smallest absolute Gasteiger partial charge is 0.222 e. The minimum Gasteiger partial charge on any atom is -0.369 e. The lowest BCUT2D eigenvalue weighted by atomic mass is 10.0. The molecule has 3 heterocycles. The van der Waals surface area contributed by atoms with Crippen LogP contribution in [0.1, 0.15) is 43.4 Å². The maximum Gasteiger partial charge on any atom is 0.222 e. The van der Waals surface area contributed by atoms with Crippen LogP contribution in [0.3, 0.4) is 0 Å². The van der Waals surface area contributed by atoms with Crippen molar-refractivity contribution in [3.63, 3.8) is 0 Å². The van der Waals surface area contributed by atoms with Crippen molar-refractivity contribution >= 4 is 33.3 Å². The van der Waals surface area contributed by atoms with Gasteiger partial charge in [0, 0.05) is 36.5 Å². The summed E-state index contributed by atoms with van der Waals surface area (Å²) in [4.78, 5) is 25.8. The number of hydrogen-bond donors (Lipinski definition) is 1. The van der Waals surface area contributed by atoms with Gasteiger partial charge < -0.3 is 10.2 Å².